The van der Waals surface area contributed by atoms with E-state index in [1.807, 2.05) is 31.2 Å². The number of nitrogens with zero attached hydrogens (tertiary/aromatic N) is 1. The van der Waals surface area contributed by atoms with Gasteiger partial charge in [0.1, 0.15) is 25.1 Å². The molecule has 0 amide bonds. The number of allylic oxidation sites excluding steroid dienone is 2. The Bertz CT molecular complexity index is 1440. The lowest BCUT2D eigenvalue weighted by molar-refractivity contribution is -0.384. The number of benzene rings is 2. The number of hydrogen-bond acceptors (Lipinski definition) is 10. The van der Waals surface area contributed by atoms with Gasteiger partial charge in [0, 0.05) is 43.2 Å². The number of aryl methyl sites for hydroxylation is 1. The third-order valence-electron chi connectivity index (χ3n) is 6.74. The average molecular weight is 628 g/mol. The fraction of sp³-hybridized carbons (Fsp3) is 0.367. The van der Waals surface area contributed by atoms with E-state index in [9.17, 15) is 29.9 Å². The third kappa shape index (κ3) is 9.49. The number of nitro benzene ring substituents is 1. The zero-order chi connectivity index (χ0) is 32.2. The zero-order valence-electron chi connectivity index (χ0n) is 24.7. The normalized spacial score (nSPS) is 15.2. The van der Waals surface area contributed by atoms with Crippen LogP contribution in [0.4, 0.5) is 5.69 Å². The molecule has 2 unspecified atom stereocenters. The highest BCUT2D eigenvalue weighted by Crippen LogP contribution is 2.39. The van der Waals surface area contributed by atoms with E-state index in [-0.39, 0.29) is 42.2 Å². The van der Waals surface area contributed by atoms with Gasteiger partial charge in [-0.25, -0.2) is 9.59 Å². The number of aliphatic hydroxyl groups excluding tert-OH is 1. The van der Waals surface area contributed by atoms with Crippen LogP contribution in [-0.2, 0) is 14.3 Å². The number of aliphatic carboxylic acids is 1. The van der Waals surface area contributed by atoms with E-state index in [0.29, 0.717) is 36.1 Å². The lowest BCUT2D eigenvalue weighted by atomic mass is 9.80. The van der Waals surface area contributed by atoms with Crippen LogP contribution in [-0.4, -0.2) is 77.7 Å². The summed E-state index contributed by atoms with van der Waals surface area (Å²) in [5.41, 5.74) is 1.71. The fourth-order valence-electron chi connectivity index (χ4n) is 4.64. The number of carbonyl (C=O) groups is 2. The number of para-hydroxylation sites is 1. The van der Waals surface area contributed by atoms with Crippen molar-refractivity contribution < 1.29 is 34.2 Å². The molecule has 1 aliphatic rings. The lowest BCUT2D eigenvalue weighted by Crippen LogP contribution is -2.42. The van der Waals surface area contributed by atoms with Gasteiger partial charge >= 0.3 is 11.9 Å². The summed E-state index contributed by atoms with van der Waals surface area (Å²) < 4.78 is 11.1. The summed E-state index contributed by atoms with van der Waals surface area (Å²) in [6.45, 7) is 6.73. The largest absolute Gasteiger partial charge is 0.491 e. The topological polar surface area (TPSA) is 184 Å². The summed E-state index contributed by atoms with van der Waals surface area (Å²) in [6, 6.07) is 13.1. The van der Waals surface area contributed by atoms with Gasteiger partial charge in [-0.15, -0.1) is 0 Å². The van der Waals surface area contributed by atoms with Crippen LogP contribution in [0.2, 0.25) is 0 Å². The van der Waals surface area contributed by atoms with E-state index in [1.165, 1.54) is 18.2 Å². The van der Waals surface area contributed by atoms with Crippen LogP contribution in [0.15, 0.2) is 71.1 Å². The van der Waals surface area contributed by atoms with E-state index in [1.54, 1.807) is 19.9 Å². The Morgan fingerprint density at radius 2 is 1.75 bits per heavy atom. The second kappa shape index (κ2) is 16.4. The lowest BCUT2D eigenvalue weighted by Gasteiger charge is -2.29. The Labute approximate surface area is 260 Å². The van der Waals surface area contributed by atoms with E-state index < -0.39 is 28.9 Å². The van der Waals surface area contributed by atoms with Crippen LogP contribution in [0, 0.1) is 17.0 Å². The summed E-state index contributed by atoms with van der Waals surface area (Å²) >= 11 is 5.25. The average Bonchev–Trinajstić information content (AvgIpc) is 2.98. The summed E-state index contributed by atoms with van der Waals surface area (Å²) in [5.74, 6) is -2.36. The highest BCUT2D eigenvalue weighted by Gasteiger charge is 2.37. The van der Waals surface area contributed by atoms with Crippen molar-refractivity contribution in [1.29, 1.82) is 0 Å². The first-order valence-electron chi connectivity index (χ1n) is 13.9. The van der Waals surface area contributed by atoms with Gasteiger partial charge in [-0.2, -0.15) is 0 Å². The molecule has 0 radical (unpaired) electrons. The van der Waals surface area contributed by atoms with E-state index in [0.717, 1.165) is 11.3 Å². The molecular weight excluding hydrogens is 590 g/mol. The molecule has 2 aromatic rings. The van der Waals surface area contributed by atoms with Crippen molar-refractivity contribution in [3.05, 3.63) is 92.3 Å². The molecule has 3 rings (SSSR count). The molecule has 2 aromatic carbocycles. The van der Waals surface area contributed by atoms with E-state index >= 15 is 0 Å². The van der Waals surface area contributed by atoms with Crippen molar-refractivity contribution in [2.45, 2.75) is 32.8 Å². The fourth-order valence-corrected chi connectivity index (χ4v) is 4.85. The number of esters is 1. The molecule has 0 aromatic heterocycles. The summed E-state index contributed by atoms with van der Waals surface area (Å²) in [7, 11) is 0. The first-order valence-corrected chi connectivity index (χ1v) is 14.3. The molecule has 0 fully saturated rings. The van der Waals surface area contributed by atoms with Gasteiger partial charge in [-0.05, 0) is 50.2 Å². The molecule has 1 heterocycles. The van der Waals surface area contributed by atoms with Gasteiger partial charge in [0.15, 0.2) is 5.11 Å². The third-order valence-corrected chi connectivity index (χ3v) is 7.03. The second-order valence-corrected chi connectivity index (χ2v) is 10.5. The molecule has 0 spiro atoms. The van der Waals surface area contributed by atoms with Gasteiger partial charge in [0.05, 0.1) is 28.5 Å². The number of nitrogens with one attached hydrogen (secondary N) is 4. The van der Waals surface area contributed by atoms with Crippen LogP contribution in [0.3, 0.4) is 0 Å². The molecule has 14 heteroatoms. The monoisotopic (exact) mass is 627 g/mol. The summed E-state index contributed by atoms with van der Waals surface area (Å²) in [6.07, 6.45) is -0.685. The molecule has 0 aliphatic carbocycles. The molecule has 0 saturated carbocycles. The number of dihydropyridines is 1. The van der Waals surface area contributed by atoms with Crippen molar-refractivity contribution in [3.8, 4) is 5.75 Å². The summed E-state index contributed by atoms with van der Waals surface area (Å²) in [5, 5.41) is 43.7. The number of carboxylic acid groups (broad SMARTS) is 1. The predicted molar refractivity (Wildman–Crippen MR) is 167 cm³/mol. The quantitative estimate of drug-likeness (QED) is 0.0556. The standard InChI is InChI=1S/C30H37N5O8S/c1-18-7-4-5-10-24(18)43-17-23(36)16-31-11-12-32-30(44)33-13-14-42-29(39)26-20(3)34-19(2)25(28(37)38)27(26)21-8-6-9-22(15-21)35(40)41/h4-10,15,23,27,31,34,36H,11-14,16-17H2,1-3H3,(H,37,38)(H2,32,33,44). The molecule has 2 atom stereocenters. The number of nitro groups is 1. The molecular formula is C30H37N5O8S. The van der Waals surface area contributed by atoms with Gasteiger partial charge in [0.25, 0.3) is 5.69 Å². The minimum Gasteiger partial charge on any atom is -0.491 e. The smallest absolute Gasteiger partial charge is 0.336 e. The van der Waals surface area contributed by atoms with Crippen molar-refractivity contribution in [2.75, 3.05) is 39.4 Å². The number of aliphatic hydroxyl groups is 1. The maximum atomic E-state index is 13.2. The van der Waals surface area contributed by atoms with E-state index in [4.69, 9.17) is 21.7 Å². The number of non-ortho nitro benzene ring substituents is 1. The van der Waals surface area contributed by atoms with Gasteiger partial charge in [-0.1, -0.05) is 30.3 Å². The van der Waals surface area contributed by atoms with Crippen molar-refractivity contribution in [1.82, 2.24) is 21.3 Å². The predicted octanol–water partition coefficient (Wildman–Crippen LogP) is 2.26. The first-order chi connectivity index (χ1) is 21.0. The Kier molecular flexibility index (Phi) is 12.6. The number of ether oxygens (including phenoxy) is 2. The van der Waals surface area contributed by atoms with Crippen molar-refractivity contribution >= 4 is 35.0 Å². The molecule has 1 aliphatic heterocycles. The SMILES string of the molecule is CC1=C(C(=O)O)C(c2cccc([N+](=O)[O-])c2)C(C(=O)OCCNC(=S)NCCNCC(O)COc2ccccc2C)=C(C)N1. The zero-order valence-corrected chi connectivity index (χ0v) is 25.5. The Morgan fingerprint density at radius 3 is 2.45 bits per heavy atom. The maximum absolute atomic E-state index is 13.2. The van der Waals surface area contributed by atoms with Crippen LogP contribution in [0.25, 0.3) is 0 Å². The molecule has 236 valence electrons. The second-order valence-electron chi connectivity index (χ2n) is 10.0. The van der Waals surface area contributed by atoms with Crippen molar-refractivity contribution in [3.63, 3.8) is 0 Å². The molecule has 44 heavy (non-hydrogen) atoms. The Balaban J connectivity index is 1.44. The Morgan fingerprint density at radius 1 is 1.05 bits per heavy atom. The number of thiocarbonyl (C=S) groups is 1. The summed E-state index contributed by atoms with van der Waals surface area (Å²) in [4.78, 5) is 36.1. The molecule has 13 nitrogen and oxygen atoms in total. The van der Waals surface area contributed by atoms with Gasteiger partial charge < -0.3 is 41.0 Å². The number of carbonyl (C=O) groups excluding carboxylic acids is 1. The van der Waals surface area contributed by atoms with Gasteiger partial charge in [0.2, 0.25) is 0 Å². The van der Waals surface area contributed by atoms with Gasteiger partial charge in [-0.3, -0.25) is 10.1 Å². The molecule has 0 bridgehead atoms. The minimum atomic E-state index is -1.26. The molecule has 6 N–H and O–H groups in total. The molecule has 0 saturated heterocycles. The number of rotatable bonds is 15. The van der Waals surface area contributed by atoms with Crippen LogP contribution in [0.1, 0.15) is 30.9 Å². The minimum absolute atomic E-state index is 0.0479. The van der Waals surface area contributed by atoms with Crippen LogP contribution < -0.4 is 26.0 Å². The highest BCUT2D eigenvalue weighted by atomic mass is 32.1. The highest BCUT2D eigenvalue weighted by molar-refractivity contribution is 7.80. The van der Waals surface area contributed by atoms with Crippen LogP contribution >= 0.6 is 12.2 Å². The maximum Gasteiger partial charge on any atom is 0.336 e. The van der Waals surface area contributed by atoms with E-state index in [2.05, 4.69) is 21.3 Å². The first kappa shape index (κ1) is 34.0. The number of hydrogen-bond donors (Lipinski definition) is 6. The van der Waals surface area contributed by atoms with Crippen LogP contribution in [0.5, 0.6) is 5.75 Å². The number of carboxylic acids is 1. The Hall–Kier alpha value is -4.53. The van der Waals surface area contributed by atoms with Crippen molar-refractivity contribution in [2.24, 2.45) is 0 Å².